The molecule has 3 aromatic rings. The first-order valence-electron chi connectivity index (χ1n) is 10.2. The maximum atomic E-state index is 6.47. The molecule has 0 saturated heterocycles. The van der Waals surface area contributed by atoms with Crippen LogP contribution in [0.3, 0.4) is 0 Å². The van der Waals surface area contributed by atoms with Crippen molar-refractivity contribution in [3.8, 4) is 5.75 Å². The van der Waals surface area contributed by atoms with E-state index in [4.69, 9.17) is 22.1 Å². The third-order valence-electron chi connectivity index (χ3n) is 5.12. The zero-order chi connectivity index (χ0) is 22.1. The topological polar surface area (TPSA) is 90.9 Å². The monoisotopic (exact) mass is 430 g/mol. The molecule has 0 amide bonds. The summed E-state index contributed by atoms with van der Waals surface area (Å²) in [5.41, 5.74) is 10.8. The second-order valence-electron chi connectivity index (χ2n) is 8.68. The minimum Gasteiger partial charge on any atom is -0.496 e. The first-order valence-corrected chi connectivity index (χ1v) is 10.5. The number of fused-ring (bicyclic) bond motifs is 1. The number of hydrogen-bond acceptors (Lipinski definition) is 6. The van der Waals surface area contributed by atoms with Gasteiger partial charge in [0.25, 0.3) is 0 Å². The zero-order valence-electron chi connectivity index (χ0n) is 18.6. The number of anilines is 1. The molecular formula is C22H31ClN6O. The van der Waals surface area contributed by atoms with Gasteiger partial charge in [0.15, 0.2) is 0 Å². The molecule has 0 radical (unpaired) electrons. The summed E-state index contributed by atoms with van der Waals surface area (Å²) in [4.78, 5) is 13.3. The summed E-state index contributed by atoms with van der Waals surface area (Å²) >= 11 is 6.47. The fourth-order valence-electron chi connectivity index (χ4n) is 3.68. The summed E-state index contributed by atoms with van der Waals surface area (Å²) in [6, 6.07) is 0. The van der Waals surface area contributed by atoms with E-state index in [1.54, 1.807) is 7.11 Å². The molecule has 8 heteroatoms. The van der Waals surface area contributed by atoms with Crippen molar-refractivity contribution in [2.24, 2.45) is 0 Å². The Balaban J connectivity index is 1.95. The molecule has 30 heavy (non-hydrogen) atoms. The highest BCUT2D eigenvalue weighted by molar-refractivity contribution is 6.34. The van der Waals surface area contributed by atoms with E-state index in [1.807, 2.05) is 20.0 Å². The highest BCUT2D eigenvalue weighted by Crippen LogP contribution is 2.30. The first-order chi connectivity index (χ1) is 14.1. The molecule has 0 spiro atoms. The average Bonchev–Trinajstić information content (AvgIpc) is 2.98. The minimum atomic E-state index is 0.0941. The Kier molecular flexibility index (Phi) is 6.53. The number of nitrogens with two attached hydrogens (primary N) is 1. The SMILES string of the molecule is COc1c(C)cnc(Cn2cc(CCCNC(C)(C)C)c3c(Cl)nc(N)nc32)c1C. The number of aromatic nitrogens is 4. The Morgan fingerprint density at radius 3 is 2.63 bits per heavy atom. The van der Waals surface area contributed by atoms with Crippen LogP contribution in [0.2, 0.25) is 5.15 Å². The zero-order valence-corrected chi connectivity index (χ0v) is 19.4. The second kappa shape index (κ2) is 8.78. The van der Waals surface area contributed by atoms with Gasteiger partial charge in [-0.3, -0.25) is 4.98 Å². The van der Waals surface area contributed by atoms with Gasteiger partial charge in [0.1, 0.15) is 16.5 Å². The van der Waals surface area contributed by atoms with Crippen molar-refractivity contribution in [3.05, 3.63) is 39.9 Å². The maximum absolute atomic E-state index is 6.47. The van der Waals surface area contributed by atoms with Crippen molar-refractivity contribution in [2.75, 3.05) is 19.4 Å². The Morgan fingerprint density at radius 2 is 1.97 bits per heavy atom. The summed E-state index contributed by atoms with van der Waals surface area (Å²) in [5.74, 6) is 1.02. The largest absolute Gasteiger partial charge is 0.496 e. The van der Waals surface area contributed by atoms with E-state index in [0.717, 1.165) is 58.6 Å². The summed E-state index contributed by atoms with van der Waals surface area (Å²) in [6.45, 7) is 12.0. The van der Waals surface area contributed by atoms with Crippen molar-refractivity contribution in [1.82, 2.24) is 24.8 Å². The molecule has 7 nitrogen and oxygen atoms in total. The summed E-state index contributed by atoms with van der Waals surface area (Å²) in [7, 11) is 1.68. The van der Waals surface area contributed by atoms with Gasteiger partial charge in [-0.2, -0.15) is 4.98 Å². The van der Waals surface area contributed by atoms with Crippen molar-refractivity contribution in [3.63, 3.8) is 0 Å². The minimum absolute atomic E-state index is 0.0941. The van der Waals surface area contributed by atoms with Gasteiger partial charge in [-0.15, -0.1) is 0 Å². The Hall–Kier alpha value is -2.38. The molecule has 0 fully saturated rings. The lowest BCUT2D eigenvalue weighted by Gasteiger charge is -2.20. The van der Waals surface area contributed by atoms with Crippen LogP contribution in [0.5, 0.6) is 5.75 Å². The molecule has 3 N–H and O–H groups in total. The number of halogens is 1. The van der Waals surface area contributed by atoms with Crippen LogP contribution in [0.1, 0.15) is 49.6 Å². The fourth-order valence-corrected chi connectivity index (χ4v) is 3.97. The number of nitrogens with zero attached hydrogens (tertiary/aromatic N) is 4. The smallest absolute Gasteiger partial charge is 0.223 e. The summed E-state index contributed by atoms with van der Waals surface area (Å²) in [6.07, 6.45) is 5.77. The molecule has 0 aromatic carbocycles. The standard InChI is InChI=1S/C22H31ClN6O/c1-13-10-25-16(14(2)18(13)30-6)12-29-11-15(8-7-9-26-22(3,4)5)17-19(23)27-21(24)28-20(17)29/h10-11,26H,7-9,12H2,1-6H3,(H2,24,27,28). The number of pyridine rings is 1. The molecule has 162 valence electrons. The van der Waals surface area contributed by atoms with Gasteiger partial charge in [0.2, 0.25) is 5.95 Å². The van der Waals surface area contributed by atoms with Gasteiger partial charge in [-0.1, -0.05) is 11.6 Å². The molecule has 0 atom stereocenters. The number of ether oxygens (including phenoxy) is 1. The molecule has 3 rings (SSSR count). The summed E-state index contributed by atoms with van der Waals surface area (Å²) in [5, 5.41) is 4.77. The third-order valence-corrected chi connectivity index (χ3v) is 5.39. The van der Waals surface area contributed by atoms with Crippen LogP contribution in [0, 0.1) is 13.8 Å². The van der Waals surface area contributed by atoms with Crippen LogP contribution in [0.25, 0.3) is 11.0 Å². The van der Waals surface area contributed by atoms with Crippen molar-refractivity contribution in [2.45, 2.75) is 59.5 Å². The van der Waals surface area contributed by atoms with E-state index in [1.165, 1.54) is 0 Å². The van der Waals surface area contributed by atoms with Crippen LogP contribution in [0.4, 0.5) is 5.95 Å². The van der Waals surface area contributed by atoms with Crippen LogP contribution in [0.15, 0.2) is 12.4 Å². The number of nitrogen functional groups attached to an aromatic ring is 1. The molecule has 0 aliphatic heterocycles. The maximum Gasteiger partial charge on any atom is 0.223 e. The number of nitrogens with one attached hydrogen (secondary N) is 1. The van der Waals surface area contributed by atoms with Crippen molar-refractivity contribution < 1.29 is 4.74 Å². The quantitative estimate of drug-likeness (QED) is 0.434. The van der Waals surface area contributed by atoms with E-state index in [0.29, 0.717) is 11.7 Å². The van der Waals surface area contributed by atoms with Crippen LogP contribution >= 0.6 is 11.6 Å². The van der Waals surface area contributed by atoms with Crippen molar-refractivity contribution >= 4 is 28.6 Å². The molecular weight excluding hydrogens is 400 g/mol. The van der Waals surface area contributed by atoms with E-state index in [9.17, 15) is 0 Å². The van der Waals surface area contributed by atoms with Gasteiger partial charge < -0.3 is 20.4 Å². The van der Waals surface area contributed by atoms with Gasteiger partial charge >= 0.3 is 0 Å². The fraction of sp³-hybridized carbons (Fsp3) is 0.500. The number of hydrogen-bond donors (Lipinski definition) is 2. The number of rotatable bonds is 7. The normalized spacial score (nSPS) is 12.0. The van der Waals surface area contributed by atoms with Gasteiger partial charge in [0, 0.05) is 29.1 Å². The highest BCUT2D eigenvalue weighted by atomic mass is 35.5. The first kappa shape index (κ1) is 22.3. The number of aryl methyl sites for hydroxylation is 2. The molecule has 3 heterocycles. The lowest BCUT2D eigenvalue weighted by molar-refractivity contribution is 0.406. The summed E-state index contributed by atoms with van der Waals surface area (Å²) < 4.78 is 7.61. The van der Waals surface area contributed by atoms with Crippen LogP contribution < -0.4 is 15.8 Å². The van der Waals surface area contributed by atoms with E-state index in [2.05, 4.69) is 51.8 Å². The predicted molar refractivity (Wildman–Crippen MR) is 122 cm³/mol. The van der Waals surface area contributed by atoms with Gasteiger partial charge in [-0.25, -0.2) is 4.98 Å². The molecule has 0 saturated carbocycles. The molecule has 0 aliphatic rings. The predicted octanol–water partition coefficient (Wildman–Crippen LogP) is 4.06. The Morgan fingerprint density at radius 1 is 1.23 bits per heavy atom. The number of methoxy groups -OCH3 is 1. The third kappa shape index (κ3) is 4.84. The molecule has 3 aromatic heterocycles. The van der Waals surface area contributed by atoms with Gasteiger partial charge in [0.05, 0.1) is 24.7 Å². The molecule has 0 bridgehead atoms. The van der Waals surface area contributed by atoms with Gasteiger partial charge in [-0.05, 0) is 59.6 Å². The lowest BCUT2D eigenvalue weighted by atomic mass is 10.1. The highest BCUT2D eigenvalue weighted by Gasteiger charge is 2.18. The molecule has 0 aliphatic carbocycles. The van der Waals surface area contributed by atoms with Crippen LogP contribution in [-0.2, 0) is 13.0 Å². The lowest BCUT2D eigenvalue weighted by Crippen LogP contribution is -2.36. The second-order valence-corrected chi connectivity index (χ2v) is 9.04. The van der Waals surface area contributed by atoms with E-state index in [-0.39, 0.29) is 11.5 Å². The van der Waals surface area contributed by atoms with Crippen molar-refractivity contribution in [1.29, 1.82) is 0 Å². The molecule has 0 unspecified atom stereocenters. The van der Waals surface area contributed by atoms with E-state index >= 15 is 0 Å². The average molecular weight is 431 g/mol. The Bertz CT molecular complexity index is 1050. The Labute approximate surface area is 183 Å². The van der Waals surface area contributed by atoms with E-state index < -0.39 is 0 Å². The van der Waals surface area contributed by atoms with Crippen LogP contribution in [-0.4, -0.2) is 38.7 Å².